The molecule has 4 rings (SSSR count). The highest BCUT2D eigenvalue weighted by Crippen LogP contribution is 2.31. The van der Waals surface area contributed by atoms with Crippen molar-refractivity contribution >= 4 is 17.7 Å². The van der Waals surface area contributed by atoms with Crippen molar-refractivity contribution in [3.05, 3.63) is 95.1 Å². The molecular formula is C30H34FN3O4. The fourth-order valence-corrected chi connectivity index (χ4v) is 4.66. The summed E-state index contributed by atoms with van der Waals surface area (Å²) in [5, 5.41) is 2.96. The highest BCUT2D eigenvalue weighted by Gasteiger charge is 2.45. The van der Waals surface area contributed by atoms with E-state index in [1.807, 2.05) is 31.2 Å². The zero-order valence-corrected chi connectivity index (χ0v) is 22.4. The number of ether oxygens (including phenoxy) is 2. The molecule has 0 radical (unpaired) electrons. The number of halogens is 1. The molecule has 2 heterocycles. The van der Waals surface area contributed by atoms with Gasteiger partial charge in [0.2, 0.25) is 0 Å². The van der Waals surface area contributed by atoms with Gasteiger partial charge in [0, 0.05) is 18.3 Å². The Labute approximate surface area is 223 Å². The maximum atomic E-state index is 14.7. The van der Waals surface area contributed by atoms with Crippen molar-refractivity contribution in [2.24, 2.45) is 0 Å². The molecule has 2 amide bonds. The van der Waals surface area contributed by atoms with Gasteiger partial charge in [0.15, 0.2) is 0 Å². The van der Waals surface area contributed by atoms with E-state index in [9.17, 15) is 14.0 Å². The number of anilines is 1. The van der Waals surface area contributed by atoms with E-state index in [4.69, 9.17) is 9.47 Å². The van der Waals surface area contributed by atoms with Crippen LogP contribution < -0.4 is 5.32 Å². The lowest BCUT2D eigenvalue weighted by molar-refractivity contribution is -0.0139. The number of nitrogens with zero attached hydrogens (tertiary/aromatic N) is 2. The van der Waals surface area contributed by atoms with Gasteiger partial charge in [-0.05, 0) is 76.4 Å². The van der Waals surface area contributed by atoms with E-state index in [2.05, 4.69) is 10.3 Å². The van der Waals surface area contributed by atoms with E-state index in [-0.39, 0.29) is 24.6 Å². The number of nitrogens with one attached hydrogen (secondary N) is 1. The van der Waals surface area contributed by atoms with Crippen LogP contribution in [0.2, 0.25) is 0 Å². The Morgan fingerprint density at radius 2 is 1.76 bits per heavy atom. The zero-order valence-electron chi connectivity index (χ0n) is 22.4. The maximum Gasteiger partial charge on any atom is 0.412 e. The number of aryl methyl sites for hydroxylation is 1. The molecule has 1 aromatic heterocycles. The average molecular weight is 520 g/mol. The van der Waals surface area contributed by atoms with Gasteiger partial charge in [-0.2, -0.15) is 0 Å². The van der Waals surface area contributed by atoms with Crippen molar-refractivity contribution in [3.63, 3.8) is 0 Å². The van der Waals surface area contributed by atoms with Gasteiger partial charge in [0.05, 0.1) is 23.4 Å². The molecular weight excluding hydrogens is 485 g/mol. The molecule has 1 unspecified atom stereocenters. The molecule has 3 aromatic rings. The number of pyridine rings is 1. The number of para-hydroxylation sites is 1. The Bertz CT molecular complexity index is 1310. The largest absolute Gasteiger partial charge is 0.444 e. The lowest BCUT2D eigenvalue weighted by Crippen LogP contribution is -2.46. The number of hydrogen-bond acceptors (Lipinski definition) is 5. The Kier molecular flexibility index (Phi) is 8.11. The summed E-state index contributed by atoms with van der Waals surface area (Å²) in [6.45, 7) is 9.07. The third kappa shape index (κ3) is 6.37. The van der Waals surface area contributed by atoms with E-state index in [1.54, 1.807) is 64.2 Å². The quantitative estimate of drug-likeness (QED) is 0.438. The third-order valence-corrected chi connectivity index (χ3v) is 6.46. The fourth-order valence-electron chi connectivity index (χ4n) is 4.66. The van der Waals surface area contributed by atoms with Gasteiger partial charge in [-0.1, -0.05) is 36.4 Å². The van der Waals surface area contributed by atoms with Crippen molar-refractivity contribution in [1.82, 2.24) is 9.88 Å². The van der Waals surface area contributed by atoms with Gasteiger partial charge < -0.3 is 14.8 Å². The molecule has 200 valence electrons. The summed E-state index contributed by atoms with van der Waals surface area (Å²) in [5.41, 5.74) is 2.35. The number of benzene rings is 2. The predicted molar refractivity (Wildman–Crippen MR) is 143 cm³/mol. The van der Waals surface area contributed by atoms with E-state index in [1.165, 1.54) is 11.0 Å². The van der Waals surface area contributed by atoms with Crippen molar-refractivity contribution < 1.29 is 23.5 Å². The van der Waals surface area contributed by atoms with Crippen LogP contribution in [-0.2, 0) is 22.3 Å². The Balaban J connectivity index is 1.63. The van der Waals surface area contributed by atoms with Crippen LogP contribution in [0.1, 0.15) is 54.9 Å². The standard InChI is InChI=1S/C30H34FN3O4/c1-19-11-6-9-15-24(19)33-28(35)22-13-10-16-32-25(22)18-27-26(17-21-12-7-8-14-23(21)31)34(20(2)37-27)29(36)38-30(3,4)5/h6-16,20,26-27H,17-18H2,1-5H3,(H,33,35)/t20?,26-,27+/m1/s1. The molecule has 0 bridgehead atoms. The first-order valence-electron chi connectivity index (χ1n) is 12.7. The minimum absolute atomic E-state index is 0.221. The Hall–Kier alpha value is -3.78. The summed E-state index contributed by atoms with van der Waals surface area (Å²) < 4.78 is 26.6. The number of carbonyl (C=O) groups excluding carboxylic acids is 2. The van der Waals surface area contributed by atoms with Crippen molar-refractivity contribution in [2.75, 3.05) is 5.32 Å². The Morgan fingerprint density at radius 1 is 1.05 bits per heavy atom. The second-order valence-electron chi connectivity index (χ2n) is 10.5. The van der Waals surface area contributed by atoms with Gasteiger partial charge in [-0.3, -0.25) is 14.7 Å². The molecule has 0 saturated carbocycles. The van der Waals surface area contributed by atoms with E-state index < -0.39 is 30.1 Å². The SMILES string of the molecule is Cc1ccccc1NC(=O)c1cccnc1C[C@@H]1OC(C)N(C(=O)OC(C)(C)C)[C@@H]1Cc1ccccc1F. The topological polar surface area (TPSA) is 80.8 Å². The van der Waals surface area contributed by atoms with Gasteiger partial charge in [-0.15, -0.1) is 0 Å². The molecule has 38 heavy (non-hydrogen) atoms. The van der Waals surface area contributed by atoms with Crippen LogP contribution in [0.25, 0.3) is 0 Å². The van der Waals surface area contributed by atoms with Crippen LogP contribution >= 0.6 is 0 Å². The van der Waals surface area contributed by atoms with Crippen LogP contribution in [0, 0.1) is 12.7 Å². The lowest BCUT2D eigenvalue weighted by Gasteiger charge is -2.31. The third-order valence-electron chi connectivity index (χ3n) is 6.46. The molecule has 0 aliphatic carbocycles. The summed E-state index contributed by atoms with van der Waals surface area (Å²) in [5.74, 6) is -0.644. The second-order valence-corrected chi connectivity index (χ2v) is 10.5. The van der Waals surface area contributed by atoms with Crippen LogP contribution in [0.5, 0.6) is 0 Å². The molecule has 1 N–H and O–H groups in total. The Morgan fingerprint density at radius 3 is 2.47 bits per heavy atom. The van der Waals surface area contributed by atoms with E-state index in [0.29, 0.717) is 22.5 Å². The molecule has 0 spiro atoms. The average Bonchev–Trinajstić information content (AvgIpc) is 3.15. The first kappa shape index (κ1) is 27.3. The number of rotatable bonds is 6. The molecule has 1 saturated heterocycles. The lowest BCUT2D eigenvalue weighted by atomic mass is 9.96. The molecule has 1 aliphatic heterocycles. The van der Waals surface area contributed by atoms with Crippen molar-refractivity contribution in [1.29, 1.82) is 0 Å². The van der Waals surface area contributed by atoms with Gasteiger partial charge >= 0.3 is 6.09 Å². The highest BCUT2D eigenvalue weighted by atomic mass is 19.1. The first-order valence-corrected chi connectivity index (χ1v) is 12.7. The van der Waals surface area contributed by atoms with Crippen molar-refractivity contribution in [2.45, 2.75) is 71.4 Å². The minimum Gasteiger partial charge on any atom is -0.444 e. The summed E-state index contributed by atoms with van der Waals surface area (Å²) in [4.78, 5) is 32.5. The molecule has 7 nitrogen and oxygen atoms in total. The predicted octanol–water partition coefficient (Wildman–Crippen LogP) is 5.92. The zero-order chi connectivity index (χ0) is 27.4. The van der Waals surface area contributed by atoms with E-state index in [0.717, 1.165) is 5.56 Å². The molecule has 1 fully saturated rings. The van der Waals surface area contributed by atoms with Crippen LogP contribution in [0.15, 0.2) is 66.9 Å². The van der Waals surface area contributed by atoms with Gasteiger partial charge in [0.25, 0.3) is 5.91 Å². The maximum absolute atomic E-state index is 14.7. The first-order chi connectivity index (χ1) is 18.0. The number of hydrogen-bond donors (Lipinski definition) is 1. The summed E-state index contributed by atoms with van der Waals surface area (Å²) in [6, 6.07) is 16.9. The normalized spacial score (nSPS) is 19.3. The number of carbonyl (C=O) groups is 2. The second kappa shape index (κ2) is 11.3. The molecule has 2 aromatic carbocycles. The number of amides is 2. The molecule has 8 heteroatoms. The van der Waals surface area contributed by atoms with Gasteiger partial charge in [-0.25, -0.2) is 9.18 Å². The smallest absolute Gasteiger partial charge is 0.412 e. The monoisotopic (exact) mass is 519 g/mol. The van der Waals surface area contributed by atoms with Gasteiger partial charge in [0.1, 0.15) is 17.6 Å². The van der Waals surface area contributed by atoms with Crippen LogP contribution in [0.4, 0.5) is 14.9 Å². The van der Waals surface area contributed by atoms with Crippen molar-refractivity contribution in [3.8, 4) is 0 Å². The summed E-state index contributed by atoms with van der Waals surface area (Å²) >= 11 is 0. The molecule has 3 atom stereocenters. The minimum atomic E-state index is -0.709. The number of aromatic nitrogens is 1. The van der Waals surface area contributed by atoms with Crippen LogP contribution in [-0.4, -0.2) is 45.9 Å². The highest BCUT2D eigenvalue weighted by molar-refractivity contribution is 6.05. The summed E-state index contributed by atoms with van der Waals surface area (Å²) in [6.07, 6.45) is 0.401. The van der Waals surface area contributed by atoms with Crippen LogP contribution in [0.3, 0.4) is 0 Å². The molecule has 1 aliphatic rings. The van der Waals surface area contributed by atoms with E-state index >= 15 is 0 Å². The fraction of sp³-hybridized carbons (Fsp3) is 0.367. The summed E-state index contributed by atoms with van der Waals surface area (Å²) in [7, 11) is 0.